The van der Waals surface area contributed by atoms with Crippen LogP contribution in [0.15, 0.2) is 0 Å². The van der Waals surface area contributed by atoms with Crippen molar-refractivity contribution in [2.24, 2.45) is 5.73 Å². The van der Waals surface area contributed by atoms with E-state index >= 15 is 0 Å². The number of amides is 7. The molecule has 45 heteroatoms. The monoisotopic (exact) mass is 2810 g/mol. The van der Waals surface area contributed by atoms with Crippen LogP contribution in [0.2, 0.25) is 0 Å². The third-order valence-corrected chi connectivity index (χ3v) is 20.8. The Morgan fingerprint density at radius 3 is 0.645 bits per heavy atom. The quantitative estimate of drug-likeness (QED) is 0.0212. The van der Waals surface area contributed by atoms with Crippen molar-refractivity contribution < 1.29 is 233 Å². The van der Waals surface area contributed by atoms with Gasteiger partial charge < -0.3 is 115 Å². The predicted octanol–water partition coefficient (Wildman–Crippen LogP) is -3.33. The first-order valence-electron chi connectivity index (χ1n) is 24.5. The van der Waals surface area contributed by atoms with E-state index in [1.807, 2.05) is 136 Å². The molecule has 0 saturated carbocycles. The second-order valence-electron chi connectivity index (χ2n) is 17.5. The molecule has 0 bridgehead atoms. The standard InChI is InChI=1S/2C17H22I3N3O8.C11H6Cl2I3NO4.C3H9NO2.2Ac.Na.H2O/c2*1-6(28)15(29)23-14-12(19)9(16(30)21-7(2-24)3-25)11(18)10(13(14)20)17(31)22-8(4-26)5-27;1-2(18)11(21)17-8-6(15)3(9(12)19)5(14)4(7(8)16)10(13)20;4-3(1-5)2-6;;;;/h2*6-8,24-28H,2-5H2,1H3,(H,21,30)(H,22,31)(H,23,29);2,18H,1H3,(H,17,21);3,5-6H,1-2,4H2;;;;1H2/q;;;;;;+1;/p-1/t6-;;;;;;;/m0......./s1. The number of carbonyl (C=O) groups excluding carboxylic acids is 9. The van der Waals surface area contributed by atoms with E-state index in [0.29, 0.717) is 10.7 Å². The maximum atomic E-state index is 12.9. The maximum Gasteiger partial charge on any atom is 1.00 e. The number of aliphatic hydroxyl groups is 13. The average Bonchev–Trinajstić information content (AvgIpc) is 0.812. The number of halogens is 11. The molecule has 2 radical (unpaired) electrons. The van der Waals surface area contributed by atoms with Gasteiger partial charge in [0.2, 0.25) is 0 Å². The third kappa shape index (κ3) is 33.0. The molecule has 2 unspecified atom stereocenters. The number of carbonyl (C=O) groups is 9. The van der Waals surface area contributed by atoms with Gasteiger partial charge in [0, 0.05) is 98.8 Å². The molecule has 0 saturated heterocycles. The Morgan fingerprint density at radius 1 is 0.355 bits per heavy atom. The van der Waals surface area contributed by atoms with Crippen LogP contribution in [0.3, 0.4) is 0 Å². The number of anilines is 3. The van der Waals surface area contributed by atoms with Gasteiger partial charge in [-0.2, -0.15) is 0 Å². The van der Waals surface area contributed by atoms with Gasteiger partial charge in [-0.3, -0.25) is 43.2 Å². The van der Waals surface area contributed by atoms with Crippen molar-refractivity contribution in [1.29, 1.82) is 0 Å². The molecule has 3 aromatic carbocycles. The van der Waals surface area contributed by atoms with Gasteiger partial charge in [-0.15, -0.1) is 0 Å². The molecule has 23 N–H and O–H groups in total. The van der Waals surface area contributed by atoms with Crippen LogP contribution in [-0.2, 0) is 14.4 Å². The summed E-state index contributed by atoms with van der Waals surface area (Å²) in [7, 11) is 0. The minimum atomic E-state index is -1.36. The summed E-state index contributed by atoms with van der Waals surface area (Å²) in [5, 5.41) is 134. The van der Waals surface area contributed by atoms with Gasteiger partial charge in [0.05, 0.1) is 168 Å². The van der Waals surface area contributed by atoms with Gasteiger partial charge in [-0.05, 0) is 247 Å². The SMILES string of the molecule is CC(O)C(=O)Nc1c(I)c(C(=O)Cl)c(I)c(C(=O)Cl)c1I.CC(O)C(=O)Nc1c(I)c(C(=O)NC(CO)CO)c(I)c(C(=O)NC(CO)CO)c1I.C[C@H](O)C(=O)Nc1c(I)c(C(=O)NC(CO)CO)c(I)c(C(=O)NC(CO)CO)c1I.NC(CO)CO.[Ac].[Ac].[Na+].[OH-]. The summed E-state index contributed by atoms with van der Waals surface area (Å²) >= 11 is 27.4. The van der Waals surface area contributed by atoms with Crippen LogP contribution >= 0.6 is 227 Å². The number of benzene rings is 3. The second-order valence-corrected chi connectivity index (χ2v) is 27.9. The summed E-state index contributed by atoms with van der Waals surface area (Å²) < 4.78 is 2.55. The predicted molar refractivity (Wildman–Crippen MR) is 401 cm³/mol. The van der Waals surface area contributed by atoms with Crippen molar-refractivity contribution in [2.75, 3.05) is 82.0 Å². The molecule has 0 aliphatic heterocycles. The summed E-state index contributed by atoms with van der Waals surface area (Å²) in [6, 6.07) is -4.23. The minimum Gasteiger partial charge on any atom is -0.870 e. The minimum absolute atomic E-state index is 0. The second kappa shape index (κ2) is 54.3. The fourth-order valence-electron chi connectivity index (χ4n) is 5.83. The molecule has 0 aliphatic rings. The molecule has 3 aromatic rings. The summed E-state index contributed by atoms with van der Waals surface area (Å²) in [5.74, 6) is -5.03. The van der Waals surface area contributed by atoms with E-state index in [9.17, 15) is 99.3 Å². The third-order valence-electron chi connectivity index (χ3n) is 10.7. The van der Waals surface area contributed by atoms with E-state index in [1.165, 1.54) is 20.8 Å². The molecule has 514 valence electrons. The zero-order valence-electron chi connectivity index (χ0n) is 48.5. The molecule has 0 heterocycles. The van der Waals surface area contributed by atoms with Crippen molar-refractivity contribution in [2.45, 2.75) is 69.3 Å². The Labute approximate surface area is 757 Å². The number of hydrogen-bond acceptors (Lipinski definition) is 24. The molecular weight excluding hydrogens is 2750 g/mol. The fraction of sp³-hybridized carbons (Fsp3) is 0.438. The van der Waals surface area contributed by atoms with E-state index in [2.05, 4.69) is 37.2 Å². The molecule has 0 spiro atoms. The largest absolute Gasteiger partial charge is 1.00 e. The average molecular weight is 2810 g/mol. The molecule has 93 heavy (non-hydrogen) atoms. The number of aliphatic hydroxyl groups excluding tert-OH is 13. The molecule has 0 fully saturated rings. The van der Waals surface area contributed by atoms with E-state index in [1.54, 1.807) is 67.8 Å². The van der Waals surface area contributed by atoms with Crippen molar-refractivity contribution >= 4 is 295 Å². The fourth-order valence-corrected chi connectivity index (χ4v) is 20.1. The van der Waals surface area contributed by atoms with Crippen LogP contribution in [0, 0.1) is 120 Å². The number of nitrogens with two attached hydrogens (primary N) is 1. The summed E-state index contributed by atoms with van der Waals surface area (Å²) in [6.07, 6.45) is -3.97. The Balaban J connectivity index is -0.000000396. The van der Waals surface area contributed by atoms with Gasteiger partial charge in [-0.25, -0.2) is 0 Å². The molecule has 31 nitrogen and oxygen atoms in total. The van der Waals surface area contributed by atoms with Crippen LogP contribution in [0.1, 0.15) is 82.9 Å². The summed E-state index contributed by atoms with van der Waals surface area (Å²) in [6.45, 7) is -0.647. The van der Waals surface area contributed by atoms with Crippen LogP contribution in [-0.4, -0.2) is 238 Å². The maximum absolute atomic E-state index is 12.9. The molecule has 7 amide bonds. The zero-order valence-corrected chi connectivity index (χ0v) is 80.9. The van der Waals surface area contributed by atoms with E-state index in [0.717, 1.165) is 0 Å². The Bertz CT molecular complexity index is 2750. The molecular formula is C48H60Ac2Cl2I9N8NaO23. The van der Waals surface area contributed by atoms with Crippen molar-refractivity contribution in [1.82, 2.24) is 21.3 Å². The number of rotatable bonds is 26. The molecule has 3 atom stereocenters. The van der Waals surface area contributed by atoms with Crippen LogP contribution in [0.25, 0.3) is 0 Å². The van der Waals surface area contributed by atoms with Gasteiger partial charge >= 0.3 is 29.6 Å². The van der Waals surface area contributed by atoms with Crippen molar-refractivity contribution in [3.8, 4) is 0 Å². The Hall–Kier alpha value is 3.72. The van der Waals surface area contributed by atoms with E-state index in [-0.39, 0.29) is 208 Å². The van der Waals surface area contributed by atoms with Crippen molar-refractivity contribution in [3.63, 3.8) is 0 Å². The Kier molecular flexibility index (Phi) is 61.5. The van der Waals surface area contributed by atoms with Crippen LogP contribution in [0.4, 0.5) is 17.1 Å². The molecule has 0 aliphatic carbocycles. The van der Waals surface area contributed by atoms with Crippen LogP contribution in [0.5, 0.6) is 0 Å². The molecule has 0 aromatic heterocycles. The summed E-state index contributed by atoms with van der Waals surface area (Å²) in [4.78, 5) is 111. The first kappa shape index (κ1) is 105. The topological polar surface area (TPSA) is 557 Å². The number of nitrogens with one attached hydrogen (secondary N) is 7. The number of hydrogen-bond donors (Lipinski definition) is 21. The van der Waals surface area contributed by atoms with Gasteiger partial charge in [0.1, 0.15) is 18.3 Å². The summed E-state index contributed by atoms with van der Waals surface area (Å²) in [5.41, 5.74) is 5.59. The van der Waals surface area contributed by atoms with Gasteiger partial charge in [0.15, 0.2) is 0 Å². The van der Waals surface area contributed by atoms with Gasteiger partial charge in [0.25, 0.3) is 51.8 Å². The normalized spacial score (nSPS) is 11.4. The van der Waals surface area contributed by atoms with Crippen molar-refractivity contribution in [3.05, 3.63) is 65.5 Å². The zero-order chi connectivity index (χ0) is 69.2. The van der Waals surface area contributed by atoms with Gasteiger partial charge in [-0.1, -0.05) is 0 Å². The smallest absolute Gasteiger partial charge is 0.870 e. The van der Waals surface area contributed by atoms with E-state index < -0.39 is 153 Å². The van der Waals surface area contributed by atoms with Crippen LogP contribution < -0.4 is 72.5 Å². The Morgan fingerprint density at radius 2 is 0.516 bits per heavy atom. The first-order chi connectivity index (χ1) is 41.5. The molecule has 3 rings (SSSR count). The van der Waals surface area contributed by atoms with E-state index in [4.69, 9.17) is 39.1 Å². The first-order valence-corrected chi connectivity index (χ1v) is 35.0.